The predicted octanol–water partition coefficient (Wildman–Crippen LogP) is 3.66. The molecular formula is C16H11ClF4N2O3. The minimum absolute atomic E-state index is 0.0125. The number of hydrogen-bond donors (Lipinski definition) is 0. The summed E-state index contributed by atoms with van der Waals surface area (Å²) in [5.41, 5.74) is -4.91. The standard InChI is InChI=1S/C16H11ClF4N2O3/c1-3-7-4-8-9(17)5-10(18)13(14(8)26-7)23-12(24)6-11(16(19,20)21)22(2)15(23)25/h4-6H,3H2,1-2H3. The molecule has 0 radical (unpaired) electrons. The number of nitrogens with zero attached hydrogens (tertiary/aromatic N) is 2. The van der Waals surface area contributed by atoms with Crippen LogP contribution in [-0.4, -0.2) is 9.13 Å². The molecule has 0 fully saturated rings. The van der Waals surface area contributed by atoms with E-state index in [1.165, 1.54) is 6.07 Å². The maximum atomic E-state index is 14.5. The van der Waals surface area contributed by atoms with Crippen molar-refractivity contribution in [1.29, 1.82) is 0 Å². The van der Waals surface area contributed by atoms with Gasteiger partial charge in [0.2, 0.25) is 0 Å². The predicted molar refractivity (Wildman–Crippen MR) is 86.4 cm³/mol. The van der Waals surface area contributed by atoms with E-state index in [2.05, 4.69) is 0 Å². The third kappa shape index (κ3) is 2.72. The molecule has 0 amide bonds. The number of fused-ring (bicyclic) bond motifs is 1. The van der Waals surface area contributed by atoms with Crippen molar-refractivity contribution in [1.82, 2.24) is 9.13 Å². The molecule has 3 rings (SSSR count). The quantitative estimate of drug-likeness (QED) is 0.627. The first kappa shape index (κ1) is 18.2. The van der Waals surface area contributed by atoms with Crippen LogP contribution in [-0.2, 0) is 19.6 Å². The van der Waals surface area contributed by atoms with Crippen molar-refractivity contribution in [3.05, 3.63) is 61.3 Å². The Hall–Kier alpha value is -2.55. The summed E-state index contributed by atoms with van der Waals surface area (Å²) < 4.78 is 59.4. The van der Waals surface area contributed by atoms with E-state index in [1.54, 1.807) is 6.92 Å². The van der Waals surface area contributed by atoms with Crippen LogP contribution in [0, 0.1) is 5.82 Å². The van der Waals surface area contributed by atoms with Crippen molar-refractivity contribution in [2.24, 2.45) is 7.05 Å². The number of aromatic nitrogens is 2. The maximum Gasteiger partial charge on any atom is 0.431 e. The van der Waals surface area contributed by atoms with Gasteiger partial charge in [-0.15, -0.1) is 0 Å². The topological polar surface area (TPSA) is 57.1 Å². The number of aryl methyl sites for hydroxylation is 1. The van der Waals surface area contributed by atoms with Crippen molar-refractivity contribution < 1.29 is 22.0 Å². The van der Waals surface area contributed by atoms with E-state index in [-0.39, 0.29) is 26.6 Å². The number of alkyl halides is 3. The van der Waals surface area contributed by atoms with Crippen molar-refractivity contribution in [2.75, 3.05) is 0 Å². The Morgan fingerprint density at radius 3 is 2.42 bits per heavy atom. The van der Waals surface area contributed by atoms with Gasteiger partial charge in [0, 0.05) is 24.9 Å². The van der Waals surface area contributed by atoms with Gasteiger partial charge in [0.1, 0.15) is 17.1 Å². The molecule has 3 aromatic rings. The maximum absolute atomic E-state index is 14.5. The SMILES string of the molecule is CCc1cc2c(Cl)cc(F)c(-n3c(=O)cc(C(F)(F)F)n(C)c3=O)c2o1. The average Bonchev–Trinajstić information content (AvgIpc) is 2.97. The van der Waals surface area contributed by atoms with E-state index >= 15 is 0 Å². The van der Waals surface area contributed by atoms with Crippen LogP contribution in [0.1, 0.15) is 18.4 Å². The molecule has 0 bridgehead atoms. The largest absolute Gasteiger partial charge is 0.459 e. The Balaban J connectivity index is 2.46. The van der Waals surface area contributed by atoms with E-state index in [0.29, 0.717) is 16.7 Å². The molecule has 0 atom stereocenters. The minimum Gasteiger partial charge on any atom is -0.459 e. The summed E-state index contributed by atoms with van der Waals surface area (Å²) in [6.45, 7) is 1.75. The number of benzene rings is 1. The molecule has 2 aromatic heterocycles. The molecule has 0 saturated carbocycles. The van der Waals surface area contributed by atoms with Crippen LogP contribution in [0.5, 0.6) is 0 Å². The highest BCUT2D eigenvalue weighted by Gasteiger charge is 2.35. The zero-order chi connectivity index (χ0) is 19.4. The molecule has 26 heavy (non-hydrogen) atoms. The number of furan rings is 1. The third-order valence-corrected chi connectivity index (χ3v) is 4.23. The summed E-state index contributed by atoms with van der Waals surface area (Å²) in [6.07, 6.45) is -4.49. The summed E-state index contributed by atoms with van der Waals surface area (Å²) in [4.78, 5) is 24.6. The summed E-state index contributed by atoms with van der Waals surface area (Å²) in [5, 5.41) is 0.232. The van der Waals surface area contributed by atoms with Crippen LogP contribution in [0.3, 0.4) is 0 Å². The zero-order valence-corrected chi connectivity index (χ0v) is 14.2. The number of halogens is 5. The molecule has 0 aliphatic rings. The van der Waals surface area contributed by atoms with Crippen LogP contribution in [0.2, 0.25) is 5.02 Å². The summed E-state index contributed by atoms with van der Waals surface area (Å²) >= 11 is 5.97. The summed E-state index contributed by atoms with van der Waals surface area (Å²) in [7, 11) is 0.839. The van der Waals surface area contributed by atoms with Crippen molar-refractivity contribution >= 4 is 22.6 Å². The lowest BCUT2D eigenvalue weighted by Crippen LogP contribution is -2.41. The molecule has 0 unspecified atom stereocenters. The van der Waals surface area contributed by atoms with E-state index in [0.717, 1.165) is 13.1 Å². The van der Waals surface area contributed by atoms with Gasteiger partial charge in [-0.1, -0.05) is 18.5 Å². The number of rotatable bonds is 2. The van der Waals surface area contributed by atoms with Gasteiger partial charge in [0.15, 0.2) is 11.4 Å². The van der Waals surface area contributed by atoms with Crippen LogP contribution >= 0.6 is 11.6 Å². The second-order valence-corrected chi connectivity index (χ2v) is 5.95. The van der Waals surface area contributed by atoms with Crippen LogP contribution in [0.15, 0.2) is 32.2 Å². The second-order valence-electron chi connectivity index (χ2n) is 5.54. The molecule has 0 spiro atoms. The molecule has 138 valence electrons. The summed E-state index contributed by atoms with van der Waals surface area (Å²) in [6, 6.07) is 2.61. The average molecular weight is 391 g/mol. The summed E-state index contributed by atoms with van der Waals surface area (Å²) in [5.74, 6) is -0.663. The minimum atomic E-state index is -4.92. The molecule has 0 N–H and O–H groups in total. The second kappa shape index (κ2) is 6.01. The van der Waals surface area contributed by atoms with Gasteiger partial charge in [-0.3, -0.25) is 9.36 Å². The lowest BCUT2D eigenvalue weighted by Gasteiger charge is -2.14. The molecule has 10 heteroatoms. The highest BCUT2D eigenvalue weighted by Crippen LogP contribution is 2.33. The zero-order valence-electron chi connectivity index (χ0n) is 13.4. The lowest BCUT2D eigenvalue weighted by molar-refractivity contribution is -0.144. The smallest absolute Gasteiger partial charge is 0.431 e. The van der Waals surface area contributed by atoms with Gasteiger partial charge < -0.3 is 4.42 Å². The van der Waals surface area contributed by atoms with Gasteiger partial charge >= 0.3 is 11.9 Å². The first-order valence-electron chi connectivity index (χ1n) is 7.37. The molecule has 1 aromatic carbocycles. The Morgan fingerprint density at radius 1 is 1.19 bits per heavy atom. The molecular weight excluding hydrogens is 380 g/mol. The first-order chi connectivity index (χ1) is 12.1. The van der Waals surface area contributed by atoms with Crippen LogP contribution < -0.4 is 11.2 Å². The van der Waals surface area contributed by atoms with E-state index < -0.39 is 34.6 Å². The van der Waals surface area contributed by atoms with E-state index in [4.69, 9.17) is 16.0 Å². The molecule has 5 nitrogen and oxygen atoms in total. The van der Waals surface area contributed by atoms with Crippen LogP contribution in [0.4, 0.5) is 17.6 Å². The lowest BCUT2D eigenvalue weighted by atomic mass is 10.2. The van der Waals surface area contributed by atoms with Crippen molar-refractivity contribution in [2.45, 2.75) is 19.5 Å². The third-order valence-electron chi connectivity index (χ3n) is 3.92. The molecule has 2 heterocycles. The van der Waals surface area contributed by atoms with Gasteiger partial charge in [0.25, 0.3) is 5.56 Å². The Bertz CT molecular complexity index is 1140. The van der Waals surface area contributed by atoms with Gasteiger partial charge in [-0.25, -0.2) is 13.8 Å². The molecule has 0 aliphatic carbocycles. The van der Waals surface area contributed by atoms with Gasteiger partial charge in [-0.2, -0.15) is 13.2 Å². The first-order valence-corrected chi connectivity index (χ1v) is 7.75. The van der Waals surface area contributed by atoms with Gasteiger partial charge in [0.05, 0.1) is 5.02 Å². The normalized spacial score (nSPS) is 12.1. The fourth-order valence-electron chi connectivity index (χ4n) is 2.65. The van der Waals surface area contributed by atoms with Crippen molar-refractivity contribution in [3.63, 3.8) is 0 Å². The van der Waals surface area contributed by atoms with Crippen molar-refractivity contribution in [3.8, 4) is 5.69 Å². The molecule has 0 aliphatic heterocycles. The van der Waals surface area contributed by atoms with E-state index in [1.807, 2.05) is 0 Å². The number of hydrogen-bond acceptors (Lipinski definition) is 3. The van der Waals surface area contributed by atoms with Gasteiger partial charge in [-0.05, 0) is 12.1 Å². The Labute approximate surface area is 148 Å². The van der Waals surface area contributed by atoms with E-state index in [9.17, 15) is 27.2 Å². The fraction of sp³-hybridized carbons (Fsp3) is 0.250. The van der Waals surface area contributed by atoms with Crippen LogP contribution in [0.25, 0.3) is 16.7 Å². The highest BCUT2D eigenvalue weighted by atomic mass is 35.5. The Kier molecular flexibility index (Phi) is 4.22. The monoisotopic (exact) mass is 390 g/mol. The molecule has 0 saturated heterocycles. The Morgan fingerprint density at radius 2 is 1.85 bits per heavy atom. The fourth-order valence-corrected chi connectivity index (χ4v) is 2.88. The highest BCUT2D eigenvalue weighted by molar-refractivity contribution is 6.35.